The van der Waals surface area contributed by atoms with E-state index in [0.29, 0.717) is 43.1 Å². The van der Waals surface area contributed by atoms with Crippen LogP contribution in [0.1, 0.15) is 105 Å². The van der Waals surface area contributed by atoms with Gasteiger partial charge < -0.3 is 9.84 Å². The summed E-state index contributed by atoms with van der Waals surface area (Å²) >= 11 is 0. The van der Waals surface area contributed by atoms with Crippen molar-refractivity contribution >= 4 is 11.9 Å². The van der Waals surface area contributed by atoms with E-state index in [0.717, 1.165) is 24.7 Å². The first kappa shape index (κ1) is 26.2. The van der Waals surface area contributed by atoms with Crippen LogP contribution in [-0.4, -0.2) is 23.7 Å². The third-order valence-corrected chi connectivity index (χ3v) is 8.37. The van der Waals surface area contributed by atoms with E-state index in [9.17, 15) is 14.7 Å². The predicted molar refractivity (Wildman–Crippen MR) is 126 cm³/mol. The number of rotatable bonds is 11. The van der Waals surface area contributed by atoms with Gasteiger partial charge in [0, 0.05) is 0 Å². The number of unbranched alkanes of at least 4 members (excludes halogenated alkanes) is 4. The van der Waals surface area contributed by atoms with E-state index in [1.807, 2.05) is 0 Å². The average molecular weight is 437 g/mol. The molecule has 7 atom stereocenters. The molecule has 0 saturated heterocycles. The minimum absolute atomic E-state index is 0.270. The zero-order valence-corrected chi connectivity index (χ0v) is 20.8. The summed E-state index contributed by atoms with van der Waals surface area (Å²) in [6, 6.07) is 0. The highest BCUT2D eigenvalue weighted by Gasteiger charge is 2.40. The molecule has 2 rings (SSSR count). The first-order chi connectivity index (χ1) is 14.7. The molecule has 31 heavy (non-hydrogen) atoms. The second-order valence-electron chi connectivity index (χ2n) is 11.2. The van der Waals surface area contributed by atoms with Gasteiger partial charge in [-0.25, -0.2) is 0 Å². The summed E-state index contributed by atoms with van der Waals surface area (Å²) in [5, 5.41) is 9.58. The Morgan fingerprint density at radius 1 is 0.935 bits per heavy atom. The monoisotopic (exact) mass is 436 g/mol. The smallest absolute Gasteiger partial charge is 0.309 e. The van der Waals surface area contributed by atoms with Crippen LogP contribution in [0.2, 0.25) is 0 Å². The second kappa shape index (κ2) is 12.8. The standard InChI is InChI=1S/C27H48O4/c1-6-7-8-9-10-11-21-16-22(20(5)15-24(21)18(2)3)17-31-27(30)23-13-12-19(4)14-25(23)26(28)29/h18-25H,6-17H2,1-5H3,(H,28,29). The molecule has 2 saturated carbocycles. The zero-order valence-electron chi connectivity index (χ0n) is 20.8. The minimum atomic E-state index is -0.845. The summed E-state index contributed by atoms with van der Waals surface area (Å²) < 4.78 is 5.81. The lowest BCUT2D eigenvalue weighted by molar-refractivity contribution is -0.162. The Hall–Kier alpha value is -1.06. The summed E-state index contributed by atoms with van der Waals surface area (Å²) in [5.74, 6) is 1.36. The van der Waals surface area contributed by atoms with Crippen LogP contribution in [0.5, 0.6) is 0 Å². The number of aliphatic carboxylic acids is 1. The molecular weight excluding hydrogens is 388 g/mol. The number of hydrogen-bond donors (Lipinski definition) is 1. The normalized spacial score (nSPS) is 33.9. The Bertz CT molecular complexity index is 557. The molecule has 0 aromatic heterocycles. The van der Waals surface area contributed by atoms with E-state index in [1.54, 1.807) is 0 Å². The van der Waals surface area contributed by atoms with Gasteiger partial charge in [-0.15, -0.1) is 0 Å². The van der Waals surface area contributed by atoms with Crippen molar-refractivity contribution in [3.05, 3.63) is 0 Å². The number of carboxylic acid groups (broad SMARTS) is 1. The second-order valence-corrected chi connectivity index (χ2v) is 11.2. The lowest BCUT2D eigenvalue weighted by Crippen LogP contribution is -2.39. The molecule has 4 heteroatoms. The highest BCUT2D eigenvalue weighted by molar-refractivity contribution is 5.81. The fourth-order valence-corrected chi connectivity index (χ4v) is 6.23. The molecule has 0 aromatic rings. The number of carbonyl (C=O) groups is 2. The lowest BCUT2D eigenvalue weighted by atomic mass is 9.64. The van der Waals surface area contributed by atoms with Gasteiger partial charge in [-0.1, -0.05) is 73.1 Å². The molecule has 0 bridgehead atoms. The van der Waals surface area contributed by atoms with Gasteiger partial charge >= 0.3 is 11.9 Å². The molecule has 4 nitrogen and oxygen atoms in total. The average Bonchev–Trinajstić information content (AvgIpc) is 2.72. The van der Waals surface area contributed by atoms with Gasteiger partial charge in [0.05, 0.1) is 18.4 Å². The first-order valence-electron chi connectivity index (χ1n) is 13.1. The van der Waals surface area contributed by atoms with Crippen LogP contribution in [0.4, 0.5) is 0 Å². The topological polar surface area (TPSA) is 63.6 Å². The number of carbonyl (C=O) groups excluding carboxylic acids is 1. The largest absolute Gasteiger partial charge is 0.481 e. The van der Waals surface area contributed by atoms with Crippen molar-refractivity contribution in [2.45, 2.75) is 105 Å². The van der Waals surface area contributed by atoms with Crippen molar-refractivity contribution in [1.29, 1.82) is 0 Å². The Morgan fingerprint density at radius 2 is 1.65 bits per heavy atom. The molecule has 7 unspecified atom stereocenters. The molecular formula is C27H48O4. The maximum Gasteiger partial charge on any atom is 0.309 e. The van der Waals surface area contributed by atoms with E-state index in [2.05, 4.69) is 34.6 Å². The maximum atomic E-state index is 12.8. The molecule has 0 spiro atoms. The van der Waals surface area contributed by atoms with Gasteiger partial charge in [0.2, 0.25) is 0 Å². The number of hydrogen-bond acceptors (Lipinski definition) is 3. The van der Waals surface area contributed by atoms with Gasteiger partial charge in [-0.05, 0) is 67.6 Å². The fourth-order valence-electron chi connectivity index (χ4n) is 6.23. The molecule has 0 heterocycles. The van der Waals surface area contributed by atoms with Gasteiger partial charge in [0.1, 0.15) is 0 Å². The van der Waals surface area contributed by atoms with Gasteiger partial charge in [-0.2, -0.15) is 0 Å². The van der Waals surface area contributed by atoms with Crippen LogP contribution in [-0.2, 0) is 14.3 Å². The zero-order chi connectivity index (χ0) is 23.0. The molecule has 2 aliphatic carbocycles. The number of esters is 1. The molecule has 1 N–H and O–H groups in total. The van der Waals surface area contributed by atoms with E-state index >= 15 is 0 Å². The molecule has 0 radical (unpaired) electrons. The highest BCUT2D eigenvalue weighted by atomic mass is 16.5. The van der Waals surface area contributed by atoms with Crippen LogP contribution < -0.4 is 0 Å². The molecule has 2 aliphatic rings. The highest BCUT2D eigenvalue weighted by Crippen LogP contribution is 2.44. The lowest BCUT2D eigenvalue weighted by Gasteiger charge is -2.42. The molecule has 2 fully saturated rings. The predicted octanol–water partition coefficient (Wildman–Crippen LogP) is 6.96. The van der Waals surface area contributed by atoms with Crippen molar-refractivity contribution < 1.29 is 19.4 Å². The molecule has 0 aromatic carbocycles. The summed E-state index contributed by atoms with van der Waals surface area (Å²) in [6.45, 7) is 11.8. The summed E-state index contributed by atoms with van der Waals surface area (Å²) in [5.41, 5.74) is 0. The van der Waals surface area contributed by atoms with E-state index in [1.165, 1.54) is 44.9 Å². The van der Waals surface area contributed by atoms with Gasteiger partial charge in [0.25, 0.3) is 0 Å². The summed E-state index contributed by atoms with van der Waals surface area (Å²) in [4.78, 5) is 24.5. The Kier molecular flexibility index (Phi) is 10.9. The van der Waals surface area contributed by atoms with Crippen LogP contribution in [0, 0.1) is 47.3 Å². The van der Waals surface area contributed by atoms with Crippen LogP contribution >= 0.6 is 0 Å². The number of ether oxygens (including phenoxy) is 1. The quantitative estimate of drug-likeness (QED) is 0.281. The van der Waals surface area contributed by atoms with Crippen molar-refractivity contribution in [2.75, 3.05) is 6.61 Å². The summed E-state index contributed by atoms with van der Waals surface area (Å²) in [7, 11) is 0. The SMILES string of the molecule is CCCCCCCC1CC(COC(=O)C2CCC(C)CC2C(=O)O)C(C)CC1C(C)C. The van der Waals surface area contributed by atoms with Crippen molar-refractivity contribution in [3.8, 4) is 0 Å². The number of carboxylic acids is 1. The molecule has 0 amide bonds. The van der Waals surface area contributed by atoms with Crippen LogP contribution in [0.15, 0.2) is 0 Å². The van der Waals surface area contributed by atoms with Crippen molar-refractivity contribution in [3.63, 3.8) is 0 Å². The Morgan fingerprint density at radius 3 is 2.29 bits per heavy atom. The maximum absolute atomic E-state index is 12.8. The fraction of sp³-hybridized carbons (Fsp3) is 0.926. The molecule has 180 valence electrons. The Balaban J connectivity index is 1.90. The Labute approximate surface area is 190 Å². The third kappa shape index (κ3) is 7.79. The van der Waals surface area contributed by atoms with E-state index < -0.39 is 17.8 Å². The summed E-state index contributed by atoms with van der Waals surface area (Å²) in [6.07, 6.45) is 12.4. The van der Waals surface area contributed by atoms with E-state index in [-0.39, 0.29) is 5.97 Å². The van der Waals surface area contributed by atoms with Crippen molar-refractivity contribution in [1.82, 2.24) is 0 Å². The van der Waals surface area contributed by atoms with Gasteiger partial charge in [0.15, 0.2) is 0 Å². The van der Waals surface area contributed by atoms with Crippen LogP contribution in [0.3, 0.4) is 0 Å². The van der Waals surface area contributed by atoms with E-state index in [4.69, 9.17) is 4.74 Å². The van der Waals surface area contributed by atoms with Gasteiger partial charge in [-0.3, -0.25) is 9.59 Å². The van der Waals surface area contributed by atoms with Crippen LogP contribution in [0.25, 0.3) is 0 Å². The first-order valence-corrected chi connectivity index (χ1v) is 13.1. The minimum Gasteiger partial charge on any atom is -0.481 e. The molecule has 0 aliphatic heterocycles. The third-order valence-electron chi connectivity index (χ3n) is 8.37. The van der Waals surface area contributed by atoms with Crippen molar-refractivity contribution in [2.24, 2.45) is 47.3 Å².